The van der Waals surface area contributed by atoms with E-state index < -0.39 is 0 Å². The Morgan fingerprint density at radius 2 is 1.60 bits per heavy atom. The second-order valence-corrected chi connectivity index (χ2v) is 6.58. The summed E-state index contributed by atoms with van der Waals surface area (Å²) in [7, 11) is 0. The number of pyridine rings is 3. The van der Waals surface area contributed by atoms with E-state index in [-0.39, 0.29) is 0 Å². The van der Waals surface area contributed by atoms with E-state index in [4.69, 9.17) is 0 Å². The van der Waals surface area contributed by atoms with E-state index in [1.807, 2.05) is 41.2 Å². The zero-order valence-electron chi connectivity index (χ0n) is 15.5. The lowest BCUT2D eigenvalue weighted by atomic mass is 10.2. The first kappa shape index (κ1) is 16.4. The predicted octanol–water partition coefficient (Wildman–Crippen LogP) is 2.25. The lowest BCUT2D eigenvalue weighted by molar-refractivity contribution is -0.598. The van der Waals surface area contributed by atoms with Crippen LogP contribution in [-0.2, 0) is 0 Å². The van der Waals surface area contributed by atoms with Crippen LogP contribution in [0.1, 0.15) is 0 Å². The van der Waals surface area contributed by atoms with Crippen LogP contribution < -0.4 is 4.57 Å². The molecule has 6 heterocycles. The van der Waals surface area contributed by atoms with E-state index in [1.54, 1.807) is 37.2 Å². The summed E-state index contributed by atoms with van der Waals surface area (Å²) >= 11 is 0. The number of rotatable bonds is 2. The zero-order chi connectivity index (χ0) is 19.9. The van der Waals surface area contributed by atoms with Gasteiger partial charge in [0.15, 0.2) is 11.5 Å². The third-order valence-corrected chi connectivity index (χ3v) is 4.67. The minimum absolute atomic E-state index is 0.530. The van der Waals surface area contributed by atoms with Gasteiger partial charge in [0.25, 0.3) is 5.65 Å². The normalized spacial score (nSPS) is 11.3. The van der Waals surface area contributed by atoms with Crippen molar-refractivity contribution in [3.8, 4) is 17.2 Å². The maximum absolute atomic E-state index is 4.62. The van der Waals surface area contributed by atoms with E-state index in [1.165, 1.54) is 0 Å². The van der Waals surface area contributed by atoms with Gasteiger partial charge in [-0.3, -0.25) is 4.98 Å². The van der Waals surface area contributed by atoms with Crippen molar-refractivity contribution >= 4 is 33.2 Å². The van der Waals surface area contributed by atoms with Gasteiger partial charge in [-0.1, -0.05) is 0 Å². The molecular weight excluding hydrogens is 378 g/mol. The number of fused-ring (bicyclic) bond motifs is 3. The Morgan fingerprint density at radius 3 is 2.57 bits per heavy atom. The molecule has 0 saturated heterocycles. The highest BCUT2D eigenvalue weighted by atomic mass is 15.1. The second kappa shape index (κ2) is 6.52. The fourth-order valence-electron chi connectivity index (χ4n) is 3.20. The molecule has 6 aromatic rings. The van der Waals surface area contributed by atoms with Crippen molar-refractivity contribution in [1.29, 1.82) is 0 Å². The van der Waals surface area contributed by atoms with Gasteiger partial charge in [-0.05, 0) is 23.2 Å². The molecule has 0 bridgehead atoms. The van der Waals surface area contributed by atoms with Crippen LogP contribution in [0.5, 0.6) is 0 Å². The molecule has 0 fully saturated rings. The predicted molar refractivity (Wildman–Crippen MR) is 108 cm³/mol. The van der Waals surface area contributed by atoms with Crippen LogP contribution in [0.25, 0.3) is 50.4 Å². The average Bonchev–Trinajstić information content (AvgIpc) is 2.83. The fraction of sp³-hybridized carbons (Fsp3) is 0. The van der Waals surface area contributed by atoms with Gasteiger partial charge >= 0.3 is 5.82 Å². The van der Waals surface area contributed by atoms with E-state index in [0.717, 1.165) is 22.0 Å². The van der Waals surface area contributed by atoms with Gasteiger partial charge in [-0.25, -0.2) is 29.9 Å². The summed E-state index contributed by atoms with van der Waals surface area (Å²) in [5, 5.41) is 0.886. The molecule has 0 atom stereocenters. The standard InChI is InChI=1S/C21H12N9/c1-2-13-9-26-20(29-19(13)24-4-1)14-8-16-21(27-10-14)28-18(11-25-16)30-7-3-15-17(12-30)23-6-5-22-15/h1-12H/q+1. The van der Waals surface area contributed by atoms with Crippen molar-refractivity contribution in [2.45, 2.75) is 0 Å². The summed E-state index contributed by atoms with van der Waals surface area (Å²) in [6, 6.07) is 7.54. The Balaban J connectivity index is 1.41. The Bertz CT molecular complexity index is 1450. The number of aromatic nitrogens is 9. The van der Waals surface area contributed by atoms with Gasteiger partial charge in [-0.15, -0.1) is 0 Å². The molecule has 0 unspecified atom stereocenters. The molecule has 140 valence electrons. The van der Waals surface area contributed by atoms with Crippen LogP contribution in [0.15, 0.2) is 73.8 Å². The first-order chi connectivity index (χ1) is 14.8. The van der Waals surface area contributed by atoms with Crippen molar-refractivity contribution in [2.24, 2.45) is 0 Å². The van der Waals surface area contributed by atoms with Gasteiger partial charge in [0, 0.05) is 48.0 Å². The molecule has 0 aromatic carbocycles. The SMILES string of the molecule is c1cnc2nc(-c3cnc4nc(-[n+]5ccc6nccnc6c5)cnc4c3)ncc2c1. The summed E-state index contributed by atoms with van der Waals surface area (Å²) in [6.07, 6.45) is 13.9. The van der Waals surface area contributed by atoms with Gasteiger partial charge in [-0.2, -0.15) is 4.57 Å². The molecule has 0 saturated carbocycles. The highest BCUT2D eigenvalue weighted by molar-refractivity contribution is 5.79. The number of hydrogen-bond acceptors (Lipinski definition) is 8. The van der Waals surface area contributed by atoms with E-state index in [9.17, 15) is 0 Å². The molecule has 9 heteroatoms. The van der Waals surface area contributed by atoms with Gasteiger partial charge in [0.1, 0.15) is 23.4 Å². The molecule has 0 radical (unpaired) electrons. The second-order valence-electron chi connectivity index (χ2n) is 6.58. The third-order valence-electron chi connectivity index (χ3n) is 4.67. The van der Waals surface area contributed by atoms with Crippen molar-refractivity contribution in [3.63, 3.8) is 0 Å². The van der Waals surface area contributed by atoms with Gasteiger partial charge in [0.2, 0.25) is 0 Å². The van der Waals surface area contributed by atoms with E-state index in [2.05, 4.69) is 39.9 Å². The molecule has 0 N–H and O–H groups in total. The highest BCUT2D eigenvalue weighted by Gasteiger charge is 2.15. The maximum Gasteiger partial charge on any atom is 0.348 e. The van der Waals surface area contributed by atoms with E-state index in [0.29, 0.717) is 28.5 Å². The Hall–Kier alpha value is -4.53. The summed E-state index contributed by atoms with van der Waals surface area (Å²) in [5.74, 6) is 1.19. The van der Waals surface area contributed by atoms with Gasteiger partial charge in [0.05, 0.1) is 11.7 Å². The van der Waals surface area contributed by atoms with Gasteiger partial charge < -0.3 is 0 Å². The summed E-state index contributed by atoms with van der Waals surface area (Å²) < 4.78 is 1.84. The Morgan fingerprint density at radius 1 is 0.667 bits per heavy atom. The molecule has 9 nitrogen and oxygen atoms in total. The van der Waals surface area contributed by atoms with Crippen LogP contribution >= 0.6 is 0 Å². The molecule has 0 aliphatic heterocycles. The number of nitrogens with zero attached hydrogens (tertiary/aromatic N) is 9. The topological polar surface area (TPSA) is 107 Å². The quantitative estimate of drug-likeness (QED) is 0.414. The number of hydrogen-bond donors (Lipinski definition) is 0. The molecule has 0 amide bonds. The minimum Gasteiger partial charge on any atom is -0.253 e. The van der Waals surface area contributed by atoms with Crippen molar-refractivity contribution < 1.29 is 4.57 Å². The lowest BCUT2D eigenvalue weighted by Crippen LogP contribution is -2.31. The first-order valence-corrected chi connectivity index (χ1v) is 9.17. The smallest absolute Gasteiger partial charge is 0.253 e. The van der Waals surface area contributed by atoms with Crippen LogP contribution in [0, 0.1) is 0 Å². The monoisotopic (exact) mass is 390 g/mol. The fourth-order valence-corrected chi connectivity index (χ4v) is 3.20. The zero-order valence-corrected chi connectivity index (χ0v) is 15.5. The van der Waals surface area contributed by atoms with Crippen LogP contribution in [0.4, 0.5) is 0 Å². The Labute approximate surface area is 169 Å². The van der Waals surface area contributed by atoms with Crippen LogP contribution in [0.3, 0.4) is 0 Å². The van der Waals surface area contributed by atoms with Crippen LogP contribution in [0.2, 0.25) is 0 Å². The average molecular weight is 390 g/mol. The van der Waals surface area contributed by atoms with E-state index >= 15 is 0 Å². The molecular formula is C21H12N9+. The summed E-state index contributed by atoms with van der Waals surface area (Å²) in [6.45, 7) is 0. The van der Waals surface area contributed by atoms with Crippen molar-refractivity contribution in [2.75, 3.05) is 0 Å². The molecule has 0 spiro atoms. The molecule has 6 aromatic heterocycles. The van der Waals surface area contributed by atoms with Crippen molar-refractivity contribution in [3.05, 3.63) is 73.8 Å². The summed E-state index contributed by atoms with van der Waals surface area (Å²) in [5.41, 5.74) is 4.16. The molecule has 6 rings (SSSR count). The maximum atomic E-state index is 4.62. The lowest BCUT2D eigenvalue weighted by Gasteiger charge is -2.02. The minimum atomic E-state index is 0.530. The molecule has 0 aliphatic carbocycles. The van der Waals surface area contributed by atoms with Crippen molar-refractivity contribution in [1.82, 2.24) is 39.9 Å². The third kappa shape index (κ3) is 2.76. The summed E-state index contributed by atoms with van der Waals surface area (Å²) in [4.78, 5) is 35.5. The first-order valence-electron chi connectivity index (χ1n) is 9.17. The van der Waals surface area contributed by atoms with Crippen LogP contribution in [-0.4, -0.2) is 39.9 Å². The molecule has 0 aliphatic rings. The largest absolute Gasteiger partial charge is 0.348 e. The Kier molecular flexibility index (Phi) is 3.57. The molecule has 30 heavy (non-hydrogen) atoms. The highest BCUT2D eigenvalue weighted by Crippen LogP contribution is 2.19.